The summed E-state index contributed by atoms with van der Waals surface area (Å²) < 4.78 is 13.5. The molecule has 1 fully saturated rings. The fourth-order valence-electron chi connectivity index (χ4n) is 3.91. The third-order valence-electron chi connectivity index (χ3n) is 5.40. The maximum Gasteiger partial charge on any atom is 0.123 e. The maximum absolute atomic E-state index is 13.5. The normalized spacial score (nSPS) is 18.1. The molecule has 0 aromatic heterocycles. The summed E-state index contributed by atoms with van der Waals surface area (Å²) in [5, 5.41) is 0. The molecule has 0 bridgehead atoms. The van der Waals surface area contributed by atoms with Gasteiger partial charge in [0.25, 0.3) is 0 Å². The van der Waals surface area contributed by atoms with Gasteiger partial charge in [0.1, 0.15) is 5.82 Å². The molecule has 1 aromatic rings. The Morgan fingerprint density at radius 1 is 1.24 bits per heavy atom. The summed E-state index contributed by atoms with van der Waals surface area (Å²) in [4.78, 5) is 2.58. The lowest BCUT2D eigenvalue weighted by Crippen LogP contribution is -2.59. The van der Waals surface area contributed by atoms with Crippen molar-refractivity contribution in [2.24, 2.45) is 5.73 Å². The highest BCUT2D eigenvalue weighted by atomic mass is 19.1. The highest BCUT2D eigenvalue weighted by molar-refractivity contribution is 5.28. The Balaban J connectivity index is 2.22. The topological polar surface area (TPSA) is 29.3 Å². The Kier molecular flexibility index (Phi) is 5.39. The molecule has 1 aromatic carbocycles. The van der Waals surface area contributed by atoms with Crippen LogP contribution in [-0.2, 0) is 6.42 Å². The van der Waals surface area contributed by atoms with E-state index in [1.54, 1.807) is 6.07 Å². The standard InChI is InChI=1S/C18H29FN2/c1-4-18(5-2,21-10-6-7-11-21)17(20)13-15-12-16(19)9-8-14(15)3/h8-9,12,17H,4-7,10-11,13,20H2,1-3H3. The van der Waals surface area contributed by atoms with Gasteiger partial charge in [0.05, 0.1) is 0 Å². The summed E-state index contributed by atoms with van der Waals surface area (Å²) in [5.41, 5.74) is 8.87. The third-order valence-corrected chi connectivity index (χ3v) is 5.40. The van der Waals surface area contributed by atoms with Crippen molar-refractivity contribution < 1.29 is 4.39 Å². The van der Waals surface area contributed by atoms with Crippen molar-refractivity contribution in [3.8, 4) is 0 Å². The predicted octanol–water partition coefficient (Wildman–Crippen LogP) is 3.66. The number of aryl methyl sites for hydroxylation is 1. The molecule has 3 heteroatoms. The molecular formula is C18H29FN2. The number of nitrogens with two attached hydrogens (primary N) is 1. The summed E-state index contributed by atoms with van der Waals surface area (Å²) in [6, 6.07) is 5.07. The Morgan fingerprint density at radius 3 is 2.43 bits per heavy atom. The van der Waals surface area contributed by atoms with Crippen LogP contribution in [0.25, 0.3) is 0 Å². The van der Waals surface area contributed by atoms with Gasteiger partial charge in [0.15, 0.2) is 0 Å². The molecule has 1 unspecified atom stereocenters. The Hall–Kier alpha value is -0.930. The zero-order valence-corrected chi connectivity index (χ0v) is 13.7. The number of nitrogens with zero attached hydrogens (tertiary/aromatic N) is 1. The van der Waals surface area contributed by atoms with Crippen molar-refractivity contribution in [2.45, 2.75) is 64.5 Å². The molecule has 1 aliphatic heterocycles. The molecule has 1 saturated heterocycles. The first-order chi connectivity index (χ1) is 10.0. The second-order valence-electron chi connectivity index (χ2n) is 6.39. The highest BCUT2D eigenvalue weighted by Gasteiger charge is 2.40. The quantitative estimate of drug-likeness (QED) is 0.867. The smallest absolute Gasteiger partial charge is 0.123 e. The van der Waals surface area contributed by atoms with Crippen LogP contribution in [0.2, 0.25) is 0 Å². The van der Waals surface area contributed by atoms with Gasteiger partial charge in [-0.25, -0.2) is 4.39 Å². The zero-order chi connectivity index (χ0) is 15.5. The van der Waals surface area contributed by atoms with Gasteiger partial charge in [-0.3, -0.25) is 4.90 Å². The van der Waals surface area contributed by atoms with Crippen molar-refractivity contribution in [1.29, 1.82) is 0 Å². The number of hydrogen-bond donors (Lipinski definition) is 1. The van der Waals surface area contributed by atoms with E-state index >= 15 is 0 Å². The van der Waals surface area contributed by atoms with Gasteiger partial charge in [-0.05, 0) is 75.4 Å². The van der Waals surface area contributed by atoms with Crippen molar-refractivity contribution in [1.82, 2.24) is 4.90 Å². The van der Waals surface area contributed by atoms with E-state index in [4.69, 9.17) is 5.73 Å². The second-order valence-corrected chi connectivity index (χ2v) is 6.39. The molecule has 0 radical (unpaired) electrons. The highest BCUT2D eigenvalue weighted by Crippen LogP contribution is 2.32. The van der Waals surface area contributed by atoms with E-state index in [1.807, 2.05) is 13.0 Å². The van der Waals surface area contributed by atoms with E-state index in [9.17, 15) is 4.39 Å². The first kappa shape index (κ1) is 16.4. The number of rotatable bonds is 6. The van der Waals surface area contributed by atoms with Crippen LogP contribution in [0.3, 0.4) is 0 Å². The second kappa shape index (κ2) is 6.89. The molecule has 1 heterocycles. The molecule has 2 nitrogen and oxygen atoms in total. The minimum Gasteiger partial charge on any atom is -0.326 e. The minimum absolute atomic E-state index is 0.0473. The minimum atomic E-state index is -0.164. The van der Waals surface area contributed by atoms with Crippen LogP contribution in [0.15, 0.2) is 18.2 Å². The molecule has 0 amide bonds. The average molecular weight is 292 g/mol. The van der Waals surface area contributed by atoms with Crippen LogP contribution < -0.4 is 5.73 Å². The SMILES string of the molecule is CCC(CC)(C(N)Cc1cc(F)ccc1C)N1CCCC1. The molecule has 0 aliphatic carbocycles. The Morgan fingerprint density at radius 2 is 1.86 bits per heavy atom. The zero-order valence-electron chi connectivity index (χ0n) is 13.7. The van der Waals surface area contributed by atoms with Crippen LogP contribution >= 0.6 is 0 Å². The first-order valence-electron chi connectivity index (χ1n) is 8.29. The summed E-state index contributed by atoms with van der Waals surface area (Å²) in [5.74, 6) is -0.164. The lowest BCUT2D eigenvalue weighted by molar-refractivity contribution is 0.0767. The number of likely N-dealkylation sites (tertiary alicyclic amines) is 1. The van der Waals surface area contributed by atoms with Crippen LogP contribution in [0.5, 0.6) is 0 Å². The first-order valence-corrected chi connectivity index (χ1v) is 8.29. The van der Waals surface area contributed by atoms with Crippen LogP contribution in [0.4, 0.5) is 4.39 Å². The van der Waals surface area contributed by atoms with E-state index < -0.39 is 0 Å². The van der Waals surface area contributed by atoms with E-state index in [1.165, 1.54) is 18.9 Å². The van der Waals surface area contributed by atoms with Gasteiger partial charge < -0.3 is 5.73 Å². The largest absolute Gasteiger partial charge is 0.326 e. The fourth-order valence-corrected chi connectivity index (χ4v) is 3.91. The molecule has 0 spiro atoms. The third kappa shape index (κ3) is 3.29. The average Bonchev–Trinajstić information content (AvgIpc) is 2.99. The van der Waals surface area contributed by atoms with Gasteiger partial charge >= 0.3 is 0 Å². The van der Waals surface area contributed by atoms with Crippen molar-refractivity contribution in [3.63, 3.8) is 0 Å². The molecule has 2 rings (SSSR count). The Bertz CT molecular complexity index is 462. The molecule has 2 N–H and O–H groups in total. The monoisotopic (exact) mass is 292 g/mol. The van der Waals surface area contributed by atoms with Crippen LogP contribution in [0.1, 0.15) is 50.7 Å². The summed E-state index contributed by atoms with van der Waals surface area (Å²) >= 11 is 0. The number of benzene rings is 1. The number of hydrogen-bond acceptors (Lipinski definition) is 2. The van der Waals surface area contributed by atoms with Gasteiger partial charge in [-0.2, -0.15) is 0 Å². The summed E-state index contributed by atoms with van der Waals surface area (Å²) in [6.07, 6.45) is 5.40. The molecule has 118 valence electrons. The Labute approximate surface area is 128 Å². The van der Waals surface area contributed by atoms with Crippen LogP contribution in [0, 0.1) is 12.7 Å². The van der Waals surface area contributed by atoms with Gasteiger partial charge in [0.2, 0.25) is 0 Å². The van der Waals surface area contributed by atoms with E-state index in [0.29, 0.717) is 0 Å². The number of halogens is 1. The lowest BCUT2D eigenvalue weighted by Gasteiger charge is -2.45. The van der Waals surface area contributed by atoms with Crippen molar-refractivity contribution >= 4 is 0 Å². The molecule has 1 atom stereocenters. The van der Waals surface area contributed by atoms with Crippen LogP contribution in [-0.4, -0.2) is 29.6 Å². The molecular weight excluding hydrogens is 263 g/mol. The fraction of sp³-hybridized carbons (Fsp3) is 0.667. The van der Waals surface area contributed by atoms with Crippen molar-refractivity contribution in [3.05, 3.63) is 35.1 Å². The van der Waals surface area contributed by atoms with Gasteiger partial charge in [0, 0.05) is 11.6 Å². The lowest BCUT2D eigenvalue weighted by atomic mass is 9.80. The van der Waals surface area contributed by atoms with Gasteiger partial charge in [-0.15, -0.1) is 0 Å². The van der Waals surface area contributed by atoms with Gasteiger partial charge in [-0.1, -0.05) is 19.9 Å². The molecule has 1 aliphatic rings. The van der Waals surface area contributed by atoms with E-state index in [-0.39, 0.29) is 17.4 Å². The predicted molar refractivity (Wildman–Crippen MR) is 86.9 cm³/mol. The molecule has 0 saturated carbocycles. The maximum atomic E-state index is 13.5. The summed E-state index contributed by atoms with van der Waals surface area (Å²) in [7, 11) is 0. The van der Waals surface area contributed by atoms with E-state index in [0.717, 1.165) is 43.5 Å². The summed E-state index contributed by atoms with van der Waals surface area (Å²) in [6.45, 7) is 8.81. The molecule has 21 heavy (non-hydrogen) atoms. The van der Waals surface area contributed by atoms with E-state index in [2.05, 4.69) is 18.7 Å². The van der Waals surface area contributed by atoms with Crippen molar-refractivity contribution in [2.75, 3.05) is 13.1 Å².